The van der Waals surface area contributed by atoms with Gasteiger partial charge in [0.2, 0.25) is 0 Å². The number of benzene rings is 1. The fraction of sp³-hybridized carbons (Fsp3) is 0.407. The number of aliphatic hydroxyl groups excluding tert-OH is 1. The number of rotatable bonds is 11. The standard InChI is InChI=1S/C27H32N2O6/c1-2-15-34-22-7-3-6-20(19-22)25-24(23(30)10-9-21-8-4-16-35-21)26(31)27(32)29(25)12-5-11-28-13-17-33-18-14-28/h3-4,6-10,16,19,25,31H,2,5,11-15,17-18H2,1H3/b10-9+. The highest BCUT2D eigenvalue weighted by molar-refractivity contribution is 6.14. The highest BCUT2D eigenvalue weighted by atomic mass is 16.5. The van der Waals surface area contributed by atoms with Gasteiger partial charge < -0.3 is 23.9 Å². The molecule has 1 unspecified atom stereocenters. The molecule has 2 aliphatic rings. The fourth-order valence-corrected chi connectivity index (χ4v) is 4.40. The second kappa shape index (κ2) is 11.9. The Hall–Kier alpha value is -3.36. The molecule has 1 amide bonds. The van der Waals surface area contributed by atoms with Crippen LogP contribution in [-0.2, 0) is 14.3 Å². The molecular formula is C27H32N2O6. The molecule has 1 atom stereocenters. The van der Waals surface area contributed by atoms with Crippen LogP contribution in [0.4, 0.5) is 0 Å². The van der Waals surface area contributed by atoms with E-state index in [4.69, 9.17) is 13.9 Å². The number of ether oxygens (including phenoxy) is 2. The molecule has 0 spiro atoms. The molecular weight excluding hydrogens is 448 g/mol. The third-order valence-corrected chi connectivity index (χ3v) is 6.14. The minimum Gasteiger partial charge on any atom is -0.503 e. The molecule has 8 heteroatoms. The number of hydrogen-bond donors (Lipinski definition) is 1. The van der Waals surface area contributed by atoms with E-state index in [1.807, 2.05) is 31.2 Å². The number of nitrogens with zero attached hydrogens (tertiary/aromatic N) is 2. The van der Waals surface area contributed by atoms with Gasteiger partial charge in [-0.15, -0.1) is 0 Å². The van der Waals surface area contributed by atoms with Crippen LogP contribution >= 0.6 is 0 Å². The summed E-state index contributed by atoms with van der Waals surface area (Å²) in [5.74, 6) is -0.305. The number of ketones is 1. The Morgan fingerprint density at radius 1 is 1.20 bits per heavy atom. The van der Waals surface area contributed by atoms with E-state index < -0.39 is 23.5 Å². The van der Waals surface area contributed by atoms with Crippen LogP contribution in [0.15, 0.2) is 64.5 Å². The van der Waals surface area contributed by atoms with Crippen LogP contribution in [0.1, 0.15) is 37.1 Å². The second-order valence-electron chi connectivity index (χ2n) is 8.60. The third-order valence-electron chi connectivity index (χ3n) is 6.14. The van der Waals surface area contributed by atoms with E-state index in [2.05, 4.69) is 4.90 Å². The lowest BCUT2D eigenvalue weighted by molar-refractivity contribution is -0.129. The first kappa shape index (κ1) is 24.8. The van der Waals surface area contributed by atoms with Crippen molar-refractivity contribution in [3.63, 3.8) is 0 Å². The summed E-state index contributed by atoms with van der Waals surface area (Å²) in [6.07, 6.45) is 5.96. The van der Waals surface area contributed by atoms with Gasteiger partial charge in [-0.25, -0.2) is 0 Å². The Bertz CT molecular complexity index is 1070. The lowest BCUT2D eigenvalue weighted by Crippen LogP contribution is -2.39. The summed E-state index contributed by atoms with van der Waals surface area (Å²) in [6.45, 7) is 6.94. The van der Waals surface area contributed by atoms with Crippen LogP contribution in [0.2, 0.25) is 0 Å². The molecule has 35 heavy (non-hydrogen) atoms. The van der Waals surface area contributed by atoms with Crippen molar-refractivity contribution in [3.05, 3.63) is 71.4 Å². The topological polar surface area (TPSA) is 92.5 Å². The minimum absolute atomic E-state index is 0.0665. The Balaban J connectivity index is 1.59. The lowest BCUT2D eigenvalue weighted by atomic mass is 9.95. The molecule has 0 saturated carbocycles. The van der Waals surface area contributed by atoms with Crippen LogP contribution in [-0.4, -0.2) is 72.6 Å². The predicted octanol–water partition coefficient (Wildman–Crippen LogP) is 3.77. The average Bonchev–Trinajstić information content (AvgIpc) is 3.49. The van der Waals surface area contributed by atoms with E-state index in [9.17, 15) is 14.7 Å². The van der Waals surface area contributed by atoms with Crippen LogP contribution in [0.25, 0.3) is 6.08 Å². The van der Waals surface area contributed by atoms with E-state index in [1.165, 1.54) is 18.4 Å². The van der Waals surface area contributed by atoms with Crippen molar-refractivity contribution in [2.45, 2.75) is 25.8 Å². The number of aliphatic hydroxyl groups is 1. The molecule has 3 heterocycles. The molecule has 0 aliphatic carbocycles. The second-order valence-corrected chi connectivity index (χ2v) is 8.60. The molecule has 1 aromatic heterocycles. The van der Waals surface area contributed by atoms with Gasteiger partial charge in [0.05, 0.1) is 37.7 Å². The molecule has 8 nitrogen and oxygen atoms in total. The smallest absolute Gasteiger partial charge is 0.290 e. The highest BCUT2D eigenvalue weighted by Gasteiger charge is 2.42. The Morgan fingerprint density at radius 2 is 2.03 bits per heavy atom. The van der Waals surface area contributed by atoms with Gasteiger partial charge in [0, 0.05) is 26.2 Å². The van der Waals surface area contributed by atoms with Crippen LogP contribution in [0.3, 0.4) is 0 Å². The molecule has 1 N–H and O–H groups in total. The minimum atomic E-state index is -0.703. The molecule has 0 radical (unpaired) electrons. The van der Waals surface area contributed by atoms with Gasteiger partial charge in [-0.05, 0) is 54.8 Å². The van der Waals surface area contributed by atoms with Crippen molar-refractivity contribution in [2.24, 2.45) is 0 Å². The summed E-state index contributed by atoms with van der Waals surface area (Å²) in [5, 5.41) is 10.8. The van der Waals surface area contributed by atoms with Crippen molar-refractivity contribution in [3.8, 4) is 5.75 Å². The normalized spacial score (nSPS) is 19.2. The summed E-state index contributed by atoms with van der Waals surface area (Å²) in [7, 11) is 0. The summed E-state index contributed by atoms with van der Waals surface area (Å²) in [4.78, 5) is 30.2. The Morgan fingerprint density at radius 3 is 2.77 bits per heavy atom. The van der Waals surface area contributed by atoms with Crippen molar-refractivity contribution >= 4 is 17.8 Å². The molecule has 186 valence electrons. The molecule has 2 aromatic rings. The van der Waals surface area contributed by atoms with E-state index >= 15 is 0 Å². The number of furan rings is 1. The fourth-order valence-electron chi connectivity index (χ4n) is 4.40. The van der Waals surface area contributed by atoms with Crippen LogP contribution < -0.4 is 4.74 Å². The zero-order valence-corrected chi connectivity index (χ0v) is 20.0. The predicted molar refractivity (Wildman–Crippen MR) is 131 cm³/mol. The van der Waals surface area contributed by atoms with E-state index in [0.717, 1.165) is 31.6 Å². The highest BCUT2D eigenvalue weighted by Crippen LogP contribution is 2.39. The number of amides is 1. The number of hydrogen-bond acceptors (Lipinski definition) is 7. The first-order chi connectivity index (χ1) is 17.1. The zero-order valence-electron chi connectivity index (χ0n) is 20.0. The Kier molecular flexibility index (Phi) is 8.39. The largest absolute Gasteiger partial charge is 0.503 e. The van der Waals surface area contributed by atoms with Gasteiger partial charge in [0.25, 0.3) is 5.91 Å². The van der Waals surface area contributed by atoms with Crippen LogP contribution in [0, 0.1) is 0 Å². The monoisotopic (exact) mass is 480 g/mol. The van der Waals surface area contributed by atoms with Gasteiger partial charge >= 0.3 is 0 Å². The summed E-state index contributed by atoms with van der Waals surface area (Å²) in [6, 6.07) is 10.1. The summed E-state index contributed by atoms with van der Waals surface area (Å²) < 4.78 is 16.5. The summed E-state index contributed by atoms with van der Waals surface area (Å²) >= 11 is 0. The van der Waals surface area contributed by atoms with Gasteiger partial charge in [-0.2, -0.15) is 0 Å². The van der Waals surface area contributed by atoms with E-state index in [1.54, 1.807) is 17.0 Å². The molecule has 1 aromatic carbocycles. The number of allylic oxidation sites excluding steroid dienone is 1. The number of morpholine rings is 1. The van der Waals surface area contributed by atoms with Crippen molar-refractivity contribution in [1.29, 1.82) is 0 Å². The summed E-state index contributed by atoms with van der Waals surface area (Å²) in [5.41, 5.74) is 0.786. The average molecular weight is 481 g/mol. The SMILES string of the molecule is CCCOc1cccc(C2C(C(=O)/C=C/c3ccco3)=C(O)C(=O)N2CCCN2CCOCC2)c1. The third kappa shape index (κ3) is 6.01. The molecule has 4 rings (SSSR count). The first-order valence-corrected chi connectivity index (χ1v) is 12.1. The van der Waals surface area contributed by atoms with E-state index in [-0.39, 0.29) is 5.57 Å². The molecule has 1 saturated heterocycles. The maximum absolute atomic E-state index is 13.2. The molecule has 2 aliphatic heterocycles. The number of carbonyl (C=O) groups excluding carboxylic acids is 2. The van der Waals surface area contributed by atoms with Gasteiger partial charge in [0.15, 0.2) is 11.5 Å². The lowest BCUT2D eigenvalue weighted by Gasteiger charge is -2.30. The van der Waals surface area contributed by atoms with Crippen molar-refractivity contribution in [1.82, 2.24) is 9.80 Å². The maximum Gasteiger partial charge on any atom is 0.290 e. The molecule has 0 bridgehead atoms. The van der Waals surface area contributed by atoms with Crippen molar-refractivity contribution in [2.75, 3.05) is 46.0 Å². The quantitative estimate of drug-likeness (QED) is 0.490. The first-order valence-electron chi connectivity index (χ1n) is 12.1. The Labute approximate surface area is 205 Å². The van der Waals surface area contributed by atoms with E-state index in [0.29, 0.717) is 44.3 Å². The van der Waals surface area contributed by atoms with Gasteiger partial charge in [-0.1, -0.05) is 19.1 Å². The number of carbonyl (C=O) groups is 2. The van der Waals surface area contributed by atoms with Gasteiger partial charge in [-0.3, -0.25) is 14.5 Å². The molecule has 1 fully saturated rings. The van der Waals surface area contributed by atoms with Crippen molar-refractivity contribution < 1.29 is 28.6 Å². The van der Waals surface area contributed by atoms with Crippen LogP contribution in [0.5, 0.6) is 5.75 Å². The zero-order chi connectivity index (χ0) is 24.6. The maximum atomic E-state index is 13.2. The van der Waals surface area contributed by atoms with Gasteiger partial charge in [0.1, 0.15) is 11.5 Å².